The summed E-state index contributed by atoms with van der Waals surface area (Å²) >= 11 is 17.9. The number of halogens is 3. The highest BCUT2D eigenvalue weighted by molar-refractivity contribution is 7.89. The summed E-state index contributed by atoms with van der Waals surface area (Å²) in [6.45, 7) is 0.0763. The lowest BCUT2D eigenvalue weighted by Gasteiger charge is -2.18. The van der Waals surface area contributed by atoms with E-state index in [2.05, 4.69) is 4.98 Å². The van der Waals surface area contributed by atoms with Crippen molar-refractivity contribution in [3.8, 4) is 0 Å². The lowest BCUT2D eigenvalue weighted by atomic mass is 10.2. The molecule has 4 nitrogen and oxygen atoms in total. The van der Waals surface area contributed by atoms with E-state index in [0.29, 0.717) is 15.6 Å². The van der Waals surface area contributed by atoms with Crippen LogP contribution in [0.1, 0.15) is 5.56 Å². The summed E-state index contributed by atoms with van der Waals surface area (Å²) in [5.41, 5.74) is 0.607. The fourth-order valence-electron chi connectivity index (χ4n) is 1.72. The van der Waals surface area contributed by atoms with E-state index in [0.717, 1.165) is 4.31 Å². The van der Waals surface area contributed by atoms with Gasteiger partial charge in [-0.3, -0.25) is 4.98 Å². The molecule has 0 atom stereocenters. The molecule has 1 aromatic heterocycles. The van der Waals surface area contributed by atoms with E-state index in [1.165, 1.54) is 25.5 Å². The summed E-state index contributed by atoms with van der Waals surface area (Å²) in [6.07, 6.45) is 2.64. The minimum atomic E-state index is -3.76. The SMILES string of the molecule is CN(Cc1cccc(Cl)c1Cl)S(=O)(=O)c1cnccc1Cl. The van der Waals surface area contributed by atoms with Crippen molar-refractivity contribution < 1.29 is 8.42 Å². The van der Waals surface area contributed by atoms with Crippen LogP contribution in [0, 0.1) is 0 Å². The maximum atomic E-state index is 12.5. The summed E-state index contributed by atoms with van der Waals surface area (Å²) in [5, 5.41) is 0.826. The summed E-state index contributed by atoms with van der Waals surface area (Å²) in [6, 6.07) is 6.49. The van der Waals surface area contributed by atoms with Crippen LogP contribution in [0.5, 0.6) is 0 Å². The number of aromatic nitrogens is 1. The van der Waals surface area contributed by atoms with E-state index in [9.17, 15) is 8.42 Å². The first kappa shape index (κ1) is 16.5. The van der Waals surface area contributed by atoms with Crippen molar-refractivity contribution in [2.75, 3.05) is 7.05 Å². The van der Waals surface area contributed by atoms with Gasteiger partial charge in [0.05, 0.1) is 15.1 Å². The van der Waals surface area contributed by atoms with Crippen molar-refractivity contribution in [1.82, 2.24) is 9.29 Å². The van der Waals surface area contributed by atoms with E-state index in [-0.39, 0.29) is 16.5 Å². The average Bonchev–Trinajstić information content (AvgIpc) is 2.44. The molecule has 21 heavy (non-hydrogen) atoms. The van der Waals surface area contributed by atoms with Crippen molar-refractivity contribution in [3.05, 3.63) is 57.3 Å². The summed E-state index contributed by atoms with van der Waals surface area (Å²) in [5.74, 6) is 0. The lowest BCUT2D eigenvalue weighted by Crippen LogP contribution is -2.27. The van der Waals surface area contributed by atoms with Gasteiger partial charge in [-0.25, -0.2) is 8.42 Å². The zero-order valence-electron chi connectivity index (χ0n) is 10.9. The average molecular weight is 366 g/mol. The molecule has 8 heteroatoms. The van der Waals surface area contributed by atoms with Crippen molar-refractivity contribution >= 4 is 44.8 Å². The second-order valence-corrected chi connectivity index (χ2v) is 7.49. The molecule has 0 fully saturated rings. The van der Waals surface area contributed by atoms with Crippen LogP contribution in [0.15, 0.2) is 41.6 Å². The van der Waals surface area contributed by atoms with Gasteiger partial charge in [0.2, 0.25) is 10.0 Å². The second-order valence-electron chi connectivity index (χ2n) is 4.28. The third kappa shape index (κ3) is 3.49. The third-order valence-corrected chi connectivity index (χ3v) is 5.98. The van der Waals surface area contributed by atoms with Crippen LogP contribution < -0.4 is 0 Å². The molecule has 0 saturated carbocycles. The molecule has 1 aromatic carbocycles. The standard InChI is InChI=1S/C13H11Cl3N2O2S/c1-18(8-9-3-2-4-11(15)13(9)16)21(19,20)12-7-17-6-5-10(12)14/h2-7H,8H2,1H3. The van der Waals surface area contributed by atoms with Gasteiger partial charge < -0.3 is 0 Å². The molecule has 0 amide bonds. The van der Waals surface area contributed by atoms with E-state index in [1.807, 2.05) is 0 Å². The Hall–Kier alpha value is -0.850. The van der Waals surface area contributed by atoms with Crippen LogP contribution in [0.3, 0.4) is 0 Å². The zero-order chi connectivity index (χ0) is 15.6. The van der Waals surface area contributed by atoms with E-state index in [4.69, 9.17) is 34.8 Å². The predicted octanol–water partition coefficient (Wildman–Crippen LogP) is 3.86. The Morgan fingerprint density at radius 1 is 1.14 bits per heavy atom. The van der Waals surface area contributed by atoms with Gasteiger partial charge >= 0.3 is 0 Å². The molecule has 2 rings (SSSR count). The summed E-state index contributed by atoms with van der Waals surface area (Å²) < 4.78 is 26.1. The van der Waals surface area contributed by atoms with Gasteiger partial charge in [-0.2, -0.15) is 4.31 Å². The van der Waals surface area contributed by atoms with Crippen LogP contribution in [0.2, 0.25) is 15.1 Å². The van der Waals surface area contributed by atoms with Gasteiger partial charge in [-0.15, -0.1) is 0 Å². The second kappa shape index (κ2) is 6.50. The number of pyridine rings is 1. The Labute approximate surface area is 138 Å². The Morgan fingerprint density at radius 2 is 1.86 bits per heavy atom. The third-order valence-electron chi connectivity index (χ3n) is 2.85. The quantitative estimate of drug-likeness (QED) is 0.826. The van der Waals surface area contributed by atoms with E-state index < -0.39 is 10.0 Å². The van der Waals surface area contributed by atoms with Gasteiger partial charge in [-0.05, 0) is 17.7 Å². The molecule has 1 heterocycles. The van der Waals surface area contributed by atoms with Crippen molar-refractivity contribution in [2.45, 2.75) is 11.4 Å². The normalized spacial score (nSPS) is 11.9. The molecule has 0 spiro atoms. The Bertz CT molecular complexity index is 766. The van der Waals surface area contributed by atoms with Crippen molar-refractivity contribution in [2.24, 2.45) is 0 Å². The van der Waals surface area contributed by atoms with Crippen LogP contribution in [-0.2, 0) is 16.6 Å². The Kier molecular flexibility index (Phi) is 5.11. The van der Waals surface area contributed by atoms with Crippen molar-refractivity contribution in [1.29, 1.82) is 0 Å². The smallest absolute Gasteiger partial charge is 0.246 e. The van der Waals surface area contributed by atoms with E-state index in [1.54, 1.807) is 18.2 Å². The predicted molar refractivity (Wildman–Crippen MR) is 84.4 cm³/mol. The first-order chi connectivity index (χ1) is 9.84. The number of hydrogen-bond acceptors (Lipinski definition) is 3. The number of nitrogens with zero attached hydrogens (tertiary/aromatic N) is 2. The highest BCUT2D eigenvalue weighted by atomic mass is 35.5. The van der Waals surface area contributed by atoms with Crippen LogP contribution in [0.25, 0.3) is 0 Å². The molecule has 0 saturated heterocycles. The molecule has 0 radical (unpaired) electrons. The molecule has 0 unspecified atom stereocenters. The highest BCUT2D eigenvalue weighted by Gasteiger charge is 2.24. The molecule has 112 valence electrons. The first-order valence-electron chi connectivity index (χ1n) is 5.83. The maximum absolute atomic E-state index is 12.5. The van der Waals surface area contributed by atoms with Crippen LogP contribution in [-0.4, -0.2) is 24.8 Å². The number of hydrogen-bond donors (Lipinski definition) is 0. The topological polar surface area (TPSA) is 50.3 Å². The minimum absolute atomic E-state index is 0.0488. The maximum Gasteiger partial charge on any atom is 0.246 e. The Morgan fingerprint density at radius 3 is 2.52 bits per heavy atom. The summed E-state index contributed by atoms with van der Waals surface area (Å²) in [7, 11) is -2.32. The largest absolute Gasteiger partial charge is 0.263 e. The molecule has 0 aliphatic carbocycles. The molecule has 0 N–H and O–H groups in total. The van der Waals surface area contributed by atoms with Crippen molar-refractivity contribution in [3.63, 3.8) is 0 Å². The number of benzene rings is 1. The van der Waals surface area contributed by atoms with Gasteiger partial charge in [0.15, 0.2) is 0 Å². The van der Waals surface area contributed by atoms with Gasteiger partial charge in [0.1, 0.15) is 4.90 Å². The molecule has 0 aliphatic rings. The van der Waals surface area contributed by atoms with Gasteiger partial charge in [-0.1, -0.05) is 46.9 Å². The molecule has 0 bridgehead atoms. The Balaban J connectivity index is 2.34. The monoisotopic (exact) mass is 364 g/mol. The summed E-state index contributed by atoms with van der Waals surface area (Å²) in [4.78, 5) is 3.75. The fourth-order valence-corrected chi connectivity index (χ4v) is 3.65. The minimum Gasteiger partial charge on any atom is -0.263 e. The molecule has 0 aliphatic heterocycles. The number of sulfonamides is 1. The molecule has 2 aromatic rings. The highest BCUT2D eigenvalue weighted by Crippen LogP contribution is 2.28. The van der Waals surface area contributed by atoms with Crippen LogP contribution >= 0.6 is 34.8 Å². The molecular formula is C13H11Cl3N2O2S. The number of rotatable bonds is 4. The zero-order valence-corrected chi connectivity index (χ0v) is 14.0. The lowest BCUT2D eigenvalue weighted by molar-refractivity contribution is 0.466. The molecular weight excluding hydrogens is 355 g/mol. The van der Waals surface area contributed by atoms with Gasteiger partial charge in [0.25, 0.3) is 0 Å². The van der Waals surface area contributed by atoms with E-state index >= 15 is 0 Å². The van der Waals surface area contributed by atoms with Crippen LogP contribution in [0.4, 0.5) is 0 Å². The fraction of sp³-hybridized carbons (Fsp3) is 0.154. The first-order valence-corrected chi connectivity index (χ1v) is 8.40. The van der Waals surface area contributed by atoms with Gasteiger partial charge in [0, 0.05) is 26.0 Å².